The number of carbonyl (C=O) groups is 1. The molecule has 0 saturated heterocycles. The normalized spacial score (nSPS) is 17.3. The number of aliphatic imine (C=N–C) groups is 1. The highest BCUT2D eigenvalue weighted by Crippen LogP contribution is 2.43. The van der Waals surface area contributed by atoms with Crippen molar-refractivity contribution in [2.75, 3.05) is 6.61 Å². The van der Waals surface area contributed by atoms with Gasteiger partial charge in [-0.1, -0.05) is 42.5 Å². The lowest BCUT2D eigenvalue weighted by Crippen LogP contribution is -2.18. The van der Waals surface area contributed by atoms with Gasteiger partial charge in [-0.05, 0) is 84.8 Å². The molecule has 0 spiro atoms. The van der Waals surface area contributed by atoms with Crippen LogP contribution in [-0.2, 0) is 4.79 Å². The Labute approximate surface area is 207 Å². The van der Waals surface area contributed by atoms with Crippen molar-refractivity contribution < 1.29 is 27.4 Å². The van der Waals surface area contributed by atoms with Gasteiger partial charge >= 0.3 is 6.36 Å². The molecule has 5 rings (SSSR count). The van der Waals surface area contributed by atoms with Gasteiger partial charge in [0.15, 0.2) is 5.78 Å². The van der Waals surface area contributed by atoms with Crippen LogP contribution in [0.3, 0.4) is 0 Å². The number of nitrogens with zero attached hydrogens (tertiary/aromatic N) is 1. The number of aryl methyl sites for hydroxylation is 1. The number of alkyl halides is 3. The quantitative estimate of drug-likeness (QED) is 0.327. The van der Waals surface area contributed by atoms with E-state index in [9.17, 15) is 18.0 Å². The van der Waals surface area contributed by atoms with E-state index in [2.05, 4.69) is 9.73 Å². The minimum atomic E-state index is -4.84. The van der Waals surface area contributed by atoms with Crippen LogP contribution >= 0.6 is 0 Å². The van der Waals surface area contributed by atoms with Crippen LogP contribution in [0.2, 0.25) is 0 Å². The molecule has 1 aliphatic heterocycles. The van der Waals surface area contributed by atoms with E-state index in [0.717, 1.165) is 36.8 Å². The number of Topliss-reactive ketones (excluding diaryl/α,β-unsaturated/α-hetero) is 1. The Morgan fingerprint density at radius 1 is 0.972 bits per heavy atom. The molecule has 3 aromatic carbocycles. The fraction of sp³-hybridized carbons (Fsp3) is 0.310. The molecule has 0 radical (unpaired) electrons. The number of benzene rings is 3. The predicted molar refractivity (Wildman–Crippen MR) is 132 cm³/mol. The summed E-state index contributed by atoms with van der Waals surface area (Å²) >= 11 is 0. The maximum absolute atomic E-state index is 13.4. The van der Waals surface area contributed by atoms with Crippen LogP contribution in [0.4, 0.5) is 13.2 Å². The largest absolute Gasteiger partial charge is 0.573 e. The molecule has 7 heteroatoms. The van der Waals surface area contributed by atoms with E-state index in [1.807, 2.05) is 31.3 Å². The molecule has 1 atom stereocenters. The molecule has 0 N–H and O–H groups in total. The number of halogens is 3. The Kier molecular flexibility index (Phi) is 6.56. The van der Waals surface area contributed by atoms with Crippen molar-refractivity contribution in [3.8, 4) is 33.8 Å². The summed E-state index contributed by atoms with van der Waals surface area (Å²) in [4.78, 5) is 16.4. The van der Waals surface area contributed by atoms with E-state index in [0.29, 0.717) is 28.0 Å². The van der Waals surface area contributed by atoms with Crippen molar-refractivity contribution in [1.82, 2.24) is 0 Å². The Hall–Kier alpha value is -3.61. The zero-order valence-corrected chi connectivity index (χ0v) is 19.8. The van der Waals surface area contributed by atoms with E-state index < -0.39 is 6.36 Å². The van der Waals surface area contributed by atoms with Crippen LogP contribution in [0, 0.1) is 12.8 Å². The van der Waals surface area contributed by atoms with Crippen molar-refractivity contribution in [2.45, 2.75) is 45.0 Å². The monoisotopic (exact) mass is 493 g/mol. The zero-order chi connectivity index (χ0) is 25.3. The highest BCUT2D eigenvalue weighted by atomic mass is 19.4. The van der Waals surface area contributed by atoms with Crippen LogP contribution in [0.15, 0.2) is 65.7 Å². The van der Waals surface area contributed by atoms with Crippen molar-refractivity contribution >= 4 is 12.0 Å². The molecule has 1 fully saturated rings. The first kappa shape index (κ1) is 24.1. The van der Waals surface area contributed by atoms with E-state index in [4.69, 9.17) is 4.74 Å². The molecule has 1 unspecified atom stereocenters. The third-order valence-electron chi connectivity index (χ3n) is 6.61. The summed E-state index contributed by atoms with van der Waals surface area (Å²) in [5.74, 6) is 0.508. The molecular formula is C29H26F3NO3. The first-order valence-corrected chi connectivity index (χ1v) is 12.1. The van der Waals surface area contributed by atoms with Crippen LogP contribution in [0.1, 0.15) is 42.9 Å². The second-order valence-electron chi connectivity index (χ2n) is 9.27. The molecular weight excluding hydrogens is 467 g/mol. The molecule has 3 aromatic rings. The second-order valence-corrected chi connectivity index (χ2v) is 9.27. The predicted octanol–water partition coefficient (Wildman–Crippen LogP) is 7.49. The number of ketones is 1. The van der Waals surface area contributed by atoms with Gasteiger partial charge < -0.3 is 9.47 Å². The van der Waals surface area contributed by atoms with Gasteiger partial charge in [0.1, 0.15) is 18.1 Å². The highest BCUT2D eigenvalue weighted by Gasteiger charge is 2.33. The molecule has 36 heavy (non-hydrogen) atoms. The topological polar surface area (TPSA) is 47.9 Å². The van der Waals surface area contributed by atoms with Crippen molar-refractivity contribution in [3.05, 3.63) is 71.8 Å². The van der Waals surface area contributed by atoms with Gasteiger partial charge in [0.25, 0.3) is 0 Å². The molecule has 0 bridgehead atoms. The number of rotatable bonds is 8. The lowest BCUT2D eigenvalue weighted by molar-refractivity contribution is -0.274. The van der Waals surface area contributed by atoms with E-state index >= 15 is 0 Å². The molecule has 2 aliphatic rings. The molecule has 186 valence electrons. The lowest BCUT2D eigenvalue weighted by atomic mass is 9.89. The Morgan fingerprint density at radius 2 is 1.72 bits per heavy atom. The van der Waals surface area contributed by atoms with Gasteiger partial charge in [0.2, 0.25) is 0 Å². The first-order valence-electron chi connectivity index (χ1n) is 12.1. The van der Waals surface area contributed by atoms with Gasteiger partial charge in [-0.15, -0.1) is 13.2 Å². The third kappa shape index (κ3) is 5.45. The highest BCUT2D eigenvalue weighted by molar-refractivity contribution is 5.84. The maximum atomic E-state index is 13.4. The average Bonchev–Trinajstić information content (AvgIpc) is 3.57. The van der Waals surface area contributed by atoms with Gasteiger partial charge in [0, 0.05) is 11.5 Å². The maximum Gasteiger partial charge on any atom is 0.573 e. The summed E-state index contributed by atoms with van der Waals surface area (Å²) in [6.45, 7) is 1.99. The summed E-state index contributed by atoms with van der Waals surface area (Å²) in [7, 11) is 0. The van der Waals surface area contributed by atoms with Gasteiger partial charge in [-0.2, -0.15) is 0 Å². The van der Waals surface area contributed by atoms with Crippen LogP contribution in [0.5, 0.6) is 11.5 Å². The third-order valence-corrected chi connectivity index (χ3v) is 6.61. The van der Waals surface area contributed by atoms with Crippen LogP contribution in [-0.4, -0.2) is 25.0 Å². The molecule has 0 amide bonds. The molecule has 4 nitrogen and oxygen atoms in total. The minimum Gasteiger partial charge on any atom is -0.486 e. The van der Waals surface area contributed by atoms with E-state index in [1.165, 1.54) is 6.07 Å². The number of ether oxygens (including phenoxy) is 2. The smallest absolute Gasteiger partial charge is 0.486 e. The summed E-state index contributed by atoms with van der Waals surface area (Å²) in [6, 6.07) is 17.3. The summed E-state index contributed by atoms with van der Waals surface area (Å²) < 4.78 is 50.4. The van der Waals surface area contributed by atoms with E-state index in [-0.39, 0.29) is 30.1 Å². The standard InChI is InChI=1S/C29H26F3NO3/c1-18-4-2-5-24(28(18)25-6-3-15-33-25)23-14-11-21(16-27(23)36-29(30,31)32)19-9-12-22(13-10-19)35-17-26(34)20-7-8-20/h2,4-5,9-16,20,25H,3,6-8,17H2,1H3. The Bertz CT molecular complexity index is 1290. The zero-order valence-electron chi connectivity index (χ0n) is 19.8. The Balaban J connectivity index is 1.47. The van der Waals surface area contributed by atoms with Gasteiger partial charge in [-0.3, -0.25) is 9.79 Å². The summed E-state index contributed by atoms with van der Waals surface area (Å²) in [5.41, 5.74) is 4.25. The van der Waals surface area contributed by atoms with Crippen LogP contribution in [0.25, 0.3) is 22.3 Å². The molecule has 0 aromatic heterocycles. The van der Waals surface area contributed by atoms with Gasteiger partial charge in [-0.25, -0.2) is 0 Å². The van der Waals surface area contributed by atoms with Crippen molar-refractivity contribution in [1.29, 1.82) is 0 Å². The molecule has 1 heterocycles. The number of hydrogen-bond donors (Lipinski definition) is 0. The van der Waals surface area contributed by atoms with Crippen LogP contribution < -0.4 is 9.47 Å². The van der Waals surface area contributed by atoms with Crippen molar-refractivity contribution in [2.24, 2.45) is 10.9 Å². The van der Waals surface area contributed by atoms with Gasteiger partial charge in [0.05, 0.1) is 6.04 Å². The van der Waals surface area contributed by atoms with Crippen molar-refractivity contribution in [3.63, 3.8) is 0 Å². The summed E-state index contributed by atoms with van der Waals surface area (Å²) in [6.07, 6.45) is 0.555. The Morgan fingerprint density at radius 3 is 2.39 bits per heavy atom. The minimum absolute atomic E-state index is 0.0339. The lowest BCUT2D eigenvalue weighted by Gasteiger charge is -2.20. The second kappa shape index (κ2) is 9.80. The molecule has 1 saturated carbocycles. The fourth-order valence-electron chi connectivity index (χ4n) is 4.64. The first-order chi connectivity index (χ1) is 17.3. The fourth-order valence-corrected chi connectivity index (χ4v) is 4.64. The number of carbonyl (C=O) groups excluding carboxylic acids is 1. The SMILES string of the molecule is Cc1cccc(-c2ccc(-c3ccc(OCC(=O)C4CC4)cc3)cc2OC(F)(F)F)c1C1CCC=N1. The summed E-state index contributed by atoms with van der Waals surface area (Å²) in [5, 5.41) is 0. The van der Waals surface area contributed by atoms with E-state index in [1.54, 1.807) is 36.4 Å². The number of hydrogen-bond acceptors (Lipinski definition) is 4. The average molecular weight is 494 g/mol. The molecule has 1 aliphatic carbocycles.